The number of aryl methyl sites for hydroxylation is 1. The number of likely N-dealkylation sites (tertiary alicyclic amines) is 1. The summed E-state index contributed by atoms with van der Waals surface area (Å²) < 4.78 is 26.1. The second-order valence-electron chi connectivity index (χ2n) is 11.3. The van der Waals surface area contributed by atoms with Crippen molar-refractivity contribution in [3.8, 4) is 11.3 Å². The molecule has 41 heavy (non-hydrogen) atoms. The number of hydrogen-bond acceptors (Lipinski definition) is 9. The number of amides is 2. The number of hydrogen-bond donors (Lipinski definition) is 1. The molecule has 0 aliphatic carbocycles. The van der Waals surface area contributed by atoms with Gasteiger partial charge in [-0.15, -0.1) is 11.6 Å². The molecular formula is C28H35ClFN5O5S. The third-order valence-corrected chi connectivity index (χ3v) is 9.53. The fourth-order valence-corrected chi connectivity index (χ4v) is 6.74. The van der Waals surface area contributed by atoms with E-state index in [0.29, 0.717) is 21.8 Å². The molecular weight excluding hydrogens is 573 g/mol. The minimum Gasteiger partial charge on any atom is -0.376 e. The highest BCUT2D eigenvalue weighted by molar-refractivity contribution is 7.14. The Morgan fingerprint density at radius 1 is 1.27 bits per heavy atom. The lowest BCUT2D eigenvalue weighted by molar-refractivity contribution is -0.144. The Labute approximate surface area is 247 Å². The first-order valence-electron chi connectivity index (χ1n) is 13.6. The van der Waals surface area contributed by atoms with Crippen LogP contribution in [-0.2, 0) is 19.1 Å². The van der Waals surface area contributed by atoms with Crippen LogP contribution in [0.15, 0.2) is 18.2 Å². The largest absolute Gasteiger partial charge is 0.376 e. The van der Waals surface area contributed by atoms with Crippen LogP contribution in [0.4, 0.5) is 9.52 Å². The molecule has 3 saturated heterocycles. The summed E-state index contributed by atoms with van der Waals surface area (Å²) in [6.07, 6.45) is -0.576. The number of anilines is 1. The Kier molecular flexibility index (Phi) is 8.41. The van der Waals surface area contributed by atoms with Gasteiger partial charge >= 0.3 is 0 Å². The molecule has 4 heterocycles. The summed E-state index contributed by atoms with van der Waals surface area (Å²) in [4.78, 5) is 50.0. The average molecular weight is 608 g/mol. The van der Waals surface area contributed by atoms with Gasteiger partial charge in [0.05, 0.1) is 11.0 Å². The number of benzene rings is 1. The topological polar surface area (TPSA) is 104 Å². The van der Waals surface area contributed by atoms with Crippen LogP contribution in [0.1, 0.15) is 29.8 Å². The van der Waals surface area contributed by atoms with Crippen LogP contribution in [0.5, 0.6) is 0 Å². The highest BCUT2D eigenvalue weighted by atomic mass is 35.5. The quantitative estimate of drug-likeness (QED) is 0.479. The first-order chi connectivity index (χ1) is 19.4. The minimum atomic E-state index is -1.11. The Hall–Kier alpha value is -2.64. The highest BCUT2D eigenvalue weighted by Crippen LogP contribution is 2.35. The van der Waals surface area contributed by atoms with E-state index in [-0.39, 0.29) is 29.8 Å². The molecule has 0 radical (unpaired) electrons. The van der Waals surface area contributed by atoms with Gasteiger partial charge in [-0.3, -0.25) is 14.4 Å². The summed E-state index contributed by atoms with van der Waals surface area (Å²) in [6, 6.07) is 3.00. The molecule has 4 unspecified atom stereocenters. The van der Waals surface area contributed by atoms with Crippen molar-refractivity contribution in [1.82, 2.24) is 20.1 Å². The number of ether oxygens (including phenoxy) is 2. The molecule has 0 bridgehead atoms. The number of aromatic nitrogens is 1. The second kappa shape index (κ2) is 11.6. The maximum atomic E-state index is 15.0. The zero-order valence-electron chi connectivity index (χ0n) is 23.8. The number of piperazine rings is 1. The van der Waals surface area contributed by atoms with Crippen LogP contribution < -0.4 is 10.2 Å². The van der Waals surface area contributed by atoms with Crippen LogP contribution in [0.2, 0.25) is 0 Å². The standard InChI is InChI=1S/C28H35ClFN5O5S/c1-15-12-16(6-7-17(15)20-24(30)41-27(31-20)34-10-8-33(4)9-11-34)25(37)32-23(28(2,3)39-5)26(38)35-13-18(29)22-21(35)19(36)14-40-22/h6-7,12,18,21-23H,8-11,13-14H2,1-5H3,(H,32,37). The van der Waals surface area contributed by atoms with Crippen molar-refractivity contribution in [2.24, 2.45) is 0 Å². The molecule has 1 N–H and O–H groups in total. The van der Waals surface area contributed by atoms with Gasteiger partial charge in [0, 0.05) is 51.0 Å². The zero-order chi connectivity index (χ0) is 29.6. The fourth-order valence-electron chi connectivity index (χ4n) is 5.52. The number of fused-ring (bicyclic) bond motifs is 1. The van der Waals surface area contributed by atoms with E-state index in [1.165, 1.54) is 12.0 Å². The number of nitrogens with zero attached hydrogens (tertiary/aromatic N) is 4. The van der Waals surface area contributed by atoms with Crippen LogP contribution in [-0.4, -0.2) is 115 Å². The lowest BCUT2D eigenvalue weighted by Gasteiger charge is -2.36. The van der Waals surface area contributed by atoms with Crippen molar-refractivity contribution >= 4 is 45.7 Å². The number of halogens is 2. The molecule has 0 spiro atoms. The van der Waals surface area contributed by atoms with E-state index < -0.39 is 41.0 Å². The summed E-state index contributed by atoms with van der Waals surface area (Å²) in [5.74, 6) is -1.20. The molecule has 0 saturated carbocycles. The maximum absolute atomic E-state index is 15.0. The van der Waals surface area contributed by atoms with Crippen molar-refractivity contribution in [1.29, 1.82) is 0 Å². The van der Waals surface area contributed by atoms with Crippen molar-refractivity contribution < 1.29 is 28.2 Å². The van der Waals surface area contributed by atoms with E-state index in [4.69, 9.17) is 21.1 Å². The lowest BCUT2D eigenvalue weighted by Crippen LogP contribution is -2.60. The molecule has 10 nitrogen and oxygen atoms in total. The number of carbonyl (C=O) groups is 3. The van der Waals surface area contributed by atoms with Crippen molar-refractivity contribution in [3.05, 3.63) is 34.5 Å². The van der Waals surface area contributed by atoms with E-state index in [1.54, 1.807) is 39.0 Å². The van der Waals surface area contributed by atoms with Crippen LogP contribution in [0.3, 0.4) is 0 Å². The Morgan fingerprint density at radius 2 is 1.98 bits per heavy atom. The summed E-state index contributed by atoms with van der Waals surface area (Å²) in [5, 5.41) is 2.55. The van der Waals surface area contributed by atoms with Crippen LogP contribution >= 0.6 is 22.9 Å². The molecule has 222 valence electrons. The number of likely N-dealkylation sites (N-methyl/N-ethyl adjacent to an activating group) is 1. The lowest BCUT2D eigenvalue weighted by atomic mass is 9.95. The molecule has 2 amide bonds. The van der Waals surface area contributed by atoms with E-state index in [2.05, 4.69) is 27.1 Å². The van der Waals surface area contributed by atoms with Gasteiger partial charge in [0.25, 0.3) is 5.91 Å². The molecule has 3 aliphatic rings. The maximum Gasteiger partial charge on any atom is 0.252 e. The van der Waals surface area contributed by atoms with Gasteiger partial charge in [0.1, 0.15) is 30.5 Å². The Balaban J connectivity index is 1.35. The van der Waals surface area contributed by atoms with Gasteiger partial charge in [-0.05, 0) is 45.5 Å². The highest BCUT2D eigenvalue weighted by Gasteiger charge is 2.54. The number of thiazole rings is 1. The van der Waals surface area contributed by atoms with Gasteiger partial charge in [0.15, 0.2) is 10.9 Å². The first kappa shape index (κ1) is 29.8. The predicted molar refractivity (Wildman–Crippen MR) is 154 cm³/mol. The van der Waals surface area contributed by atoms with Crippen molar-refractivity contribution in [3.63, 3.8) is 0 Å². The van der Waals surface area contributed by atoms with Crippen LogP contribution in [0, 0.1) is 12.1 Å². The minimum absolute atomic E-state index is 0.102. The van der Waals surface area contributed by atoms with E-state index in [9.17, 15) is 14.4 Å². The molecule has 13 heteroatoms. The third kappa shape index (κ3) is 5.72. The molecule has 5 rings (SSSR count). The predicted octanol–water partition coefficient (Wildman–Crippen LogP) is 2.32. The first-order valence-corrected chi connectivity index (χ1v) is 14.8. The molecule has 1 aromatic carbocycles. The monoisotopic (exact) mass is 607 g/mol. The van der Waals surface area contributed by atoms with Gasteiger partial charge < -0.3 is 29.5 Å². The molecule has 3 aliphatic heterocycles. The number of methoxy groups -OCH3 is 1. The number of ketones is 1. The smallest absolute Gasteiger partial charge is 0.252 e. The number of carbonyl (C=O) groups excluding carboxylic acids is 3. The van der Waals surface area contributed by atoms with Gasteiger partial charge in [-0.1, -0.05) is 17.4 Å². The van der Waals surface area contributed by atoms with Gasteiger partial charge in [-0.25, -0.2) is 4.98 Å². The summed E-state index contributed by atoms with van der Waals surface area (Å²) in [7, 11) is 3.51. The number of alkyl halides is 1. The van der Waals surface area contributed by atoms with Crippen molar-refractivity contribution in [2.45, 2.75) is 49.9 Å². The van der Waals surface area contributed by atoms with Gasteiger partial charge in [0.2, 0.25) is 11.0 Å². The van der Waals surface area contributed by atoms with Crippen LogP contribution in [0.25, 0.3) is 11.3 Å². The summed E-state index contributed by atoms with van der Waals surface area (Å²) in [5.41, 5.74) is 0.705. The molecule has 1 aromatic heterocycles. The van der Waals surface area contributed by atoms with E-state index in [0.717, 1.165) is 37.5 Å². The molecule has 2 aromatic rings. The molecule has 4 atom stereocenters. The Bertz CT molecular complexity index is 1350. The number of rotatable bonds is 7. The number of Topliss-reactive ketones (excluding diaryl/α,β-unsaturated/α-hetero) is 1. The van der Waals surface area contributed by atoms with Gasteiger partial charge in [-0.2, -0.15) is 4.39 Å². The summed E-state index contributed by atoms with van der Waals surface area (Å²) in [6.45, 7) is 8.52. The third-order valence-electron chi connectivity index (χ3n) is 8.24. The number of nitrogens with one attached hydrogen (secondary N) is 1. The summed E-state index contributed by atoms with van der Waals surface area (Å²) >= 11 is 7.42. The zero-order valence-corrected chi connectivity index (χ0v) is 25.4. The van der Waals surface area contributed by atoms with Crippen molar-refractivity contribution in [2.75, 3.05) is 58.4 Å². The average Bonchev–Trinajstić information content (AvgIpc) is 3.62. The van der Waals surface area contributed by atoms with E-state index in [1.807, 2.05) is 0 Å². The molecule has 3 fully saturated rings. The van der Waals surface area contributed by atoms with E-state index >= 15 is 4.39 Å². The second-order valence-corrected chi connectivity index (χ2v) is 12.8. The Morgan fingerprint density at radius 3 is 2.63 bits per heavy atom. The normalized spacial score (nSPS) is 24.1. The SMILES string of the molecule is COC(C)(C)C(NC(=O)c1ccc(-c2nc(N3CCN(C)CC3)sc2F)c(C)c1)C(=O)N1CC(Cl)C2OCC(=O)C21. The fraction of sp³-hybridized carbons (Fsp3) is 0.571.